The summed E-state index contributed by atoms with van der Waals surface area (Å²) in [6.07, 6.45) is 3.41. The number of nitrogens with two attached hydrogens (primary N) is 1. The zero-order valence-electron chi connectivity index (χ0n) is 8.60. The van der Waals surface area contributed by atoms with Gasteiger partial charge in [0, 0.05) is 11.8 Å². The number of nitrogens with zero attached hydrogens (tertiary/aromatic N) is 3. The summed E-state index contributed by atoms with van der Waals surface area (Å²) in [5, 5.41) is 7.97. The molecule has 2 aromatic heterocycles. The highest BCUT2D eigenvalue weighted by Crippen LogP contribution is 2.13. The zero-order valence-corrected chi connectivity index (χ0v) is 9.41. The van der Waals surface area contributed by atoms with E-state index in [1.807, 2.05) is 13.8 Å². The maximum atomic E-state index is 5.56. The fourth-order valence-electron chi connectivity index (χ4n) is 1.36. The molecule has 2 N–H and O–H groups in total. The van der Waals surface area contributed by atoms with Crippen molar-refractivity contribution in [1.29, 1.82) is 0 Å². The number of aromatic nitrogens is 3. The summed E-state index contributed by atoms with van der Waals surface area (Å²) in [7, 11) is 0. The molecule has 2 heterocycles. The van der Waals surface area contributed by atoms with Gasteiger partial charge in [-0.3, -0.25) is 4.68 Å². The van der Waals surface area contributed by atoms with E-state index in [1.54, 1.807) is 17.1 Å². The molecule has 0 amide bonds. The molecular formula is C9H13ClN4O. The van der Waals surface area contributed by atoms with Crippen LogP contribution in [0, 0.1) is 13.8 Å². The lowest BCUT2D eigenvalue weighted by atomic mass is 10.2. The van der Waals surface area contributed by atoms with Crippen LogP contribution in [-0.2, 0) is 6.54 Å². The van der Waals surface area contributed by atoms with Gasteiger partial charge in [0.2, 0.25) is 0 Å². The Morgan fingerprint density at radius 1 is 1.47 bits per heavy atom. The quantitative estimate of drug-likeness (QED) is 0.847. The van der Waals surface area contributed by atoms with Crippen molar-refractivity contribution >= 4 is 18.1 Å². The van der Waals surface area contributed by atoms with Crippen LogP contribution in [0.25, 0.3) is 0 Å². The maximum Gasteiger partial charge on any atom is 0.138 e. The molecule has 0 saturated heterocycles. The Kier molecular flexibility index (Phi) is 3.36. The molecule has 0 aliphatic rings. The molecule has 0 aliphatic heterocycles. The summed E-state index contributed by atoms with van der Waals surface area (Å²) >= 11 is 0. The molecule has 0 radical (unpaired) electrons. The number of rotatable bonds is 2. The number of nitrogen functional groups attached to an aromatic ring is 1. The topological polar surface area (TPSA) is 69.9 Å². The SMILES string of the molecule is Cc1noc(C)c1Cn1cc(N)cn1.Cl. The van der Waals surface area contributed by atoms with Gasteiger partial charge >= 0.3 is 0 Å². The van der Waals surface area contributed by atoms with Gasteiger partial charge in [0.05, 0.1) is 24.1 Å². The molecule has 0 aliphatic carbocycles. The first-order valence-corrected chi connectivity index (χ1v) is 4.36. The second-order valence-corrected chi connectivity index (χ2v) is 3.27. The Labute approximate surface area is 93.6 Å². The van der Waals surface area contributed by atoms with Gasteiger partial charge in [-0.1, -0.05) is 5.16 Å². The summed E-state index contributed by atoms with van der Waals surface area (Å²) < 4.78 is 6.82. The van der Waals surface area contributed by atoms with Crippen molar-refractivity contribution < 1.29 is 4.52 Å². The minimum Gasteiger partial charge on any atom is -0.396 e. The molecule has 5 nitrogen and oxygen atoms in total. The molecule has 2 aromatic rings. The van der Waals surface area contributed by atoms with E-state index in [9.17, 15) is 0 Å². The molecule has 82 valence electrons. The van der Waals surface area contributed by atoms with Gasteiger partial charge in [-0.2, -0.15) is 5.10 Å². The van der Waals surface area contributed by atoms with Crippen LogP contribution in [0.15, 0.2) is 16.9 Å². The van der Waals surface area contributed by atoms with Crippen molar-refractivity contribution in [3.63, 3.8) is 0 Å². The molecule has 0 atom stereocenters. The second kappa shape index (κ2) is 4.35. The molecule has 15 heavy (non-hydrogen) atoms. The summed E-state index contributed by atoms with van der Waals surface area (Å²) in [6, 6.07) is 0. The van der Waals surface area contributed by atoms with Crippen LogP contribution in [0.1, 0.15) is 17.0 Å². The predicted octanol–water partition coefficient (Wildman–Crippen LogP) is 1.54. The minimum atomic E-state index is 0. The predicted molar refractivity (Wildman–Crippen MR) is 59.0 cm³/mol. The fourth-order valence-corrected chi connectivity index (χ4v) is 1.36. The standard InChI is InChI=1S/C9H12N4O.ClH/c1-6-9(7(2)14-12-6)5-13-4-8(10)3-11-13;/h3-4H,5,10H2,1-2H3;1H. The van der Waals surface area contributed by atoms with Gasteiger partial charge < -0.3 is 10.3 Å². The van der Waals surface area contributed by atoms with Gasteiger partial charge in [0.25, 0.3) is 0 Å². The fraction of sp³-hybridized carbons (Fsp3) is 0.333. The lowest BCUT2D eigenvalue weighted by molar-refractivity contribution is 0.391. The van der Waals surface area contributed by atoms with E-state index in [-0.39, 0.29) is 12.4 Å². The molecule has 0 aromatic carbocycles. The highest BCUT2D eigenvalue weighted by Gasteiger charge is 2.09. The van der Waals surface area contributed by atoms with Crippen molar-refractivity contribution in [3.05, 3.63) is 29.4 Å². The van der Waals surface area contributed by atoms with Crippen LogP contribution >= 0.6 is 12.4 Å². The third kappa shape index (κ3) is 2.30. The van der Waals surface area contributed by atoms with Gasteiger partial charge in [0.1, 0.15) is 5.76 Å². The van der Waals surface area contributed by atoms with E-state index in [4.69, 9.17) is 10.3 Å². The van der Waals surface area contributed by atoms with Crippen molar-refractivity contribution in [1.82, 2.24) is 14.9 Å². The van der Waals surface area contributed by atoms with Crippen molar-refractivity contribution in [3.8, 4) is 0 Å². The molecule has 2 rings (SSSR count). The highest BCUT2D eigenvalue weighted by molar-refractivity contribution is 5.85. The Morgan fingerprint density at radius 3 is 2.67 bits per heavy atom. The molecule has 0 spiro atoms. The Bertz CT molecular complexity index is 429. The lowest BCUT2D eigenvalue weighted by Crippen LogP contribution is -2.01. The Morgan fingerprint density at radius 2 is 2.20 bits per heavy atom. The van der Waals surface area contributed by atoms with Crippen LogP contribution in [-0.4, -0.2) is 14.9 Å². The van der Waals surface area contributed by atoms with Crippen LogP contribution in [0.5, 0.6) is 0 Å². The Balaban J connectivity index is 0.00000112. The summed E-state index contributed by atoms with van der Waals surface area (Å²) in [5.74, 6) is 0.830. The van der Waals surface area contributed by atoms with E-state index in [0.29, 0.717) is 12.2 Å². The molecular weight excluding hydrogens is 216 g/mol. The van der Waals surface area contributed by atoms with E-state index in [0.717, 1.165) is 17.0 Å². The summed E-state index contributed by atoms with van der Waals surface area (Å²) in [4.78, 5) is 0. The smallest absolute Gasteiger partial charge is 0.138 e. The highest BCUT2D eigenvalue weighted by atomic mass is 35.5. The third-order valence-electron chi connectivity index (χ3n) is 2.15. The van der Waals surface area contributed by atoms with E-state index in [1.165, 1.54) is 0 Å². The number of hydrogen-bond donors (Lipinski definition) is 1. The van der Waals surface area contributed by atoms with E-state index >= 15 is 0 Å². The Hall–Kier alpha value is -1.49. The third-order valence-corrected chi connectivity index (χ3v) is 2.15. The number of hydrogen-bond acceptors (Lipinski definition) is 4. The summed E-state index contributed by atoms with van der Waals surface area (Å²) in [6.45, 7) is 4.46. The first kappa shape index (κ1) is 11.6. The number of halogens is 1. The van der Waals surface area contributed by atoms with Crippen LogP contribution in [0.2, 0.25) is 0 Å². The normalized spacial score (nSPS) is 10.0. The molecule has 0 bridgehead atoms. The van der Waals surface area contributed by atoms with Crippen molar-refractivity contribution in [2.45, 2.75) is 20.4 Å². The second-order valence-electron chi connectivity index (χ2n) is 3.27. The number of aryl methyl sites for hydroxylation is 2. The van der Waals surface area contributed by atoms with Crippen molar-refractivity contribution in [2.24, 2.45) is 0 Å². The van der Waals surface area contributed by atoms with Crippen LogP contribution in [0.4, 0.5) is 5.69 Å². The van der Waals surface area contributed by atoms with Gasteiger partial charge in [0.15, 0.2) is 0 Å². The molecule has 6 heteroatoms. The zero-order chi connectivity index (χ0) is 10.1. The molecule has 0 unspecified atom stereocenters. The van der Waals surface area contributed by atoms with Crippen LogP contribution < -0.4 is 5.73 Å². The number of anilines is 1. The summed E-state index contributed by atoms with van der Waals surface area (Å²) in [5.41, 5.74) is 8.19. The average molecular weight is 229 g/mol. The van der Waals surface area contributed by atoms with Gasteiger partial charge in [-0.15, -0.1) is 12.4 Å². The van der Waals surface area contributed by atoms with Gasteiger partial charge in [-0.05, 0) is 13.8 Å². The largest absolute Gasteiger partial charge is 0.396 e. The van der Waals surface area contributed by atoms with Crippen LogP contribution in [0.3, 0.4) is 0 Å². The molecule has 0 saturated carbocycles. The van der Waals surface area contributed by atoms with E-state index in [2.05, 4.69) is 10.3 Å². The average Bonchev–Trinajstić information content (AvgIpc) is 2.67. The lowest BCUT2D eigenvalue weighted by Gasteiger charge is -1.99. The first-order valence-electron chi connectivity index (χ1n) is 4.36. The maximum absolute atomic E-state index is 5.56. The molecule has 0 fully saturated rings. The monoisotopic (exact) mass is 228 g/mol. The van der Waals surface area contributed by atoms with Gasteiger partial charge in [-0.25, -0.2) is 0 Å². The minimum absolute atomic E-state index is 0. The van der Waals surface area contributed by atoms with Crippen molar-refractivity contribution in [2.75, 3.05) is 5.73 Å². The first-order chi connectivity index (χ1) is 6.66. The van der Waals surface area contributed by atoms with E-state index < -0.39 is 0 Å².